The predicted molar refractivity (Wildman–Crippen MR) is 99.2 cm³/mol. The molecule has 136 valence electrons. The van der Waals surface area contributed by atoms with Gasteiger partial charge in [-0.1, -0.05) is 60.7 Å². The van der Waals surface area contributed by atoms with Gasteiger partial charge in [0.15, 0.2) is 0 Å². The topological polar surface area (TPSA) is 12.0 Å². The molecule has 1 nitrogen and oxygen atoms in total. The lowest BCUT2D eigenvalue weighted by Gasteiger charge is -2.15. The number of rotatable bonds is 6. The van der Waals surface area contributed by atoms with Gasteiger partial charge in [0.05, 0.1) is 5.56 Å². The Balaban J connectivity index is 1.54. The summed E-state index contributed by atoms with van der Waals surface area (Å²) in [6.07, 6.45) is -2.86. The van der Waals surface area contributed by atoms with Gasteiger partial charge in [-0.15, -0.1) is 0 Å². The number of hydrogen-bond acceptors (Lipinski definition) is 1. The molecule has 3 rings (SSSR count). The lowest BCUT2D eigenvalue weighted by molar-refractivity contribution is -0.137. The third-order valence-corrected chi connectivity index (χ3v) is 4.64. The van der Waals surface area contributed by atoms with Crippen LogP contribution >= 0.6 is 0 Å². The molecule has 4 heteroatoms. The number of hydrogen-bond donors (Lipinski definition) is 1. The third-order valence-electron chi connectivity index (χ3n) is 4.64. The zero-order valence-corrected chi connectivity index (χ0v) is 14.7. The summed E-state index contributed by atoms with van der Waals surface area (Å²) in [5.74, 6) is 0. The summed E-state index contributed by atoms with van der Waals surface area (Å²) in [5, 5.41) is 3.48. The van der Waals surface area contributed by atoms with E-state index >= 15 is 0 Å². The Hall–Kier alpha value is -2.33. The zero-order valence-electron chi connectivity index (χ0n) is 14.7. The zero-order chi connectivity index (χ0) is 18.6. The monoisotopic (exact) mass is 357 g/mol. The van der Waals surface area contributed by atoms with Gasteiger partial charge in [-0.25, -0.2) is 0 Å². The van der Waals surface area contributed by atoms with Crippen molar-refractivity contribution < 1.29 is 13.2 Å². The number of benzene rings is 1. The number of alkyl halides is 3. The number of nitrogens with one attached hydrogen (secondary N) is 1. The minimum Gasteiger partial charge on any atom is -0.310 e. The van der Waals surface area contributed by atoms with Crippen LogP contribution in [0.1, 0.15) is 36.1 Å². The van der Waals surface area contributed by atoms with Crippen LogP contribution in [0.5, 0.6) is 0 Å². The fourth-order valence-electron chi connectivity index (χ4n) is 3.24. The Kier molecular flexibility index (Phi) is 5.62. The Bertz CT molecular complexity index is 826. The summed E-state index contributed by atoms with van der Waals surface area (Å²) in [6.45, 7) is 2.87. The van der Waals surface area contributed by atoms with Crippen molar-refractivity contribution in [3.63, 3.8) is 0 Å². The first-order valence-corrected chi connectivity index (χ1v) is 8.82. The highest BCUT2D eigenvalue weighted by Gasteiger charge is 2.30. The molecule has 0 aromatic heterocycles. The van der Waals surface area contributed by atoms with Gasteiger partial charge in [-0.05, 0) is 54.6 Å². The number of fused-ring (bicyclic) bond motifs is 1. The van der Waals surface area contributed by atoms with Crippen LogP contribution in [0.15, 0.2) is 66.7 Å². The quantitative estimate of drug-likeness (QED) is 0.526. The summed E-state index contributed by atoms with van der Waals surface area (Å²) < 4.78 is 38.3. The lowest BCUT2D eigenvalue weighted by atomic mass is 10.0. The second-order valence-corrected chi connectivity index (χ2v) is 6.55. The van der Waals surface area contributed by atoms with E-state index in [0.29, 0.717) is 6.42 Å². The molecule has 2 aliphatic carbocycles. The first-order valence-electron chi connectivity index (χ1n) is 8.82. The maximum atomic E-state index is 12.8. The van der Waals surface area contributed by atoms with Crippen LogP contribution in [-0.2, 0) is 12.6 Å². The highest BCUT2D eigenvalue weighted by atomic mass is 19.4. The van der Waals surface area contributed by atoms with Crippen molar-refractivity contribution >= 4 is 0 Å². The Morgan fingerprint density at radius 1 is 0.923 bits per heavy atom. The van der Waals surface area contributed by atoms with E-state index < -0.39 is 11.7 Å². The molecule has 0 heterocycles. The smallest absolute Gasteiger partial charge is 0.310 e. The second kappa shape index (κ2) is 7.92. The van der Waals surface area contributed by atoms with Crippen LogP contribution in [0.2, 0.25) is 0 Å². The molecule has 1 N–H and O–H groups in total. The largest absolute Gasteiger partial charge is 0.416 e. The standard InChI is InChI=1S/C22H22F3N/c1-16(20-13-12-18-9-3-2-4-11-21(18)20)26-14-6-8-17-7-5-10-19(15-17)22(23,24)25/h2-5,7,9-13,15-16,26H,6,8,14H2,1H3. The average molecular weight is 357 g/mol. The van der Waals surface area contributed by atoms with Gasteiger partial charge in [-0.3, -0.25) is 0 Å². The molecule has 2 aliphatic rings. The van der Waals surface area contributed by atoms with Crippen LogP contribution < -0.4 is 5.32 Å². The molecule has 0 aliphatic heterocycles. The first kappa shape index (κ1) is 18.5. The van der Waals surface area contributed by atoms with E-state index in [-0.39, 0.29) is 6.04 Å². The van der Waals surface area contributed by atoms with Crippen LogP contribution in [0.3, 0.4) is 0 Å². The summed E-state index contributed by atoms with van der Waals surface area (Å²) in [6, 6.07) is 20.3. The van der Waals surface area contributed by atoms with E-state index in [1.54, 1.807) is 6.07 Å². The summed E-state index contributed by atoms with van der Waals surface area (Å²) >= 11 is 0. The fourth-order valence-corrected chi connectivity index (χ4v) is 3.24. The predicted octanol–water partition coefficient (Wildman–Crippen LogP) is 6.09. The second-order valence-electron chi connectivity index (χ2n) is 6.55. The molecule has 0 radical (unpaired) electrons. The van der Waals surface area contributed by atoms with E-state index in [2.05, 4.69) is 36.5 Å². The number of halogens is 3. The van der Waals surface area contributed by atoms with E-state index in [4.69, 9.17) is 0 Å². The highest BCUT2D eigenvalue weighted by Crippen LogP contribution is 2.31. The molecule has 0 amide bonds. The molecular weight excluding hydrogens is 335 g/mol. The maximum absolute atomic E-state index is 12.8. The highest BCUT2D eigenvalue weighted by molar-refractivity contribution is 5.70. The van der Waals surface area contributed by atoms with Crippen LogP contribution in [0, 0.1) is 0 Å². The van der Waals surface area contributed by atoms with E-state index in [9.17, 15) is 13.2 Å². The maximum Gasteiger partial charge on any atom is 0.416 e. The lowest BCUT2D eigenvalue weighted by Crippen LogP contribution is -2.20. The third kappa shape index (κ3) is 4.44. The summed E-state index contributed by atoms with van der Waals surface area (Å²) in [4.78, 5) is 0. The van der Waals surface area contributed by atoms with Crippen molar-refractivity contribution in [3.8, 4) is 11.1 Å². The van der Waals surface area contributed by atoms with Crippen molar-refractivity contribution in [2.75, 3.05) is 6.54 Å². The fraction of sp³-hybridized carbons (Fsp3) is 0.273. The molecule has 1 unspecified atom stereocenters. The van der Waals surface area contributed by atoms with E-state index in [1.807, 2.05) is 18.2 Å². The van der Waals surface area contributed by atoms with Gasteiger partial charge >= 0.3 is 6.18 Å². The molecule has 1 aromatic rings. The van der Waals surface area contributed by atoms with E-state index in [0.717, 1.165) is 24.6 Å². The molecule has 0 bridgehead atoms. The molecular formula is C22H22F3N. The molecule has 26 heavy (non-hydrogen) atoms. The SMILES string of the molecule is CC(NCCCc1cccc(C(F)(F)F)c1)c1ccc2cccccc1-2. The van der Waals surface area contributed by atoms with Gasteiger partial charge in [0.2, 0.25) is 0 Å². The number of aryl methyl sites for hydroxylation is 1. The van der Waals surface area contributed by atoms with Gasteiger partial charge in [0.25, 0.3) is 0 Å². The van der Waals surface area contributed by atoms with Crippen molar-refractivity contribution in [2.45, 2.75) is 32.0 Å². The van der Waals surface area contributed by atoms with Gasteiger partial charge in [0, 0.05) is 6.04 Å². The molecule has 1 atom stereocenters. The van der Waals surface area contributed by atoms with Crippen LogP contribution in [0.25, 0.3) is 11.1 Å². The summed E-state index contributed by atoms with van der Waals surface area (Å²) in [5.41, 5.74) is 3.83. The van der Waals surface area contributed by atoms with E-state index in [1.165, 1.54) is 28.8 Å². The minimum atomic E-state index is -4.28. The normalized spacial score (nSPS) is 13.1. The van der Waals surface area contributed by atoms with Crippen molar-refractivity contribution in [1.82, 2.24) is 5.32 Å². The van der Waals surface area contributed by atoms with Gasteiger partial charge < -0.3 is 5.32 Å². The molecule has 0 saturated carbocycles. The Morgan fingerprint density at radius 2 is 1.73 bits per heavy atom. The molecule has 0 spiro atoms. The van der Waals surface area contributed by atoms with Gasteiger partial charge in [-0.2, -0.15) is 13.2 Å². The molecule has 1 aromatic carbocycles. The van der Waals surface area contributed by atoms with Crippen LogP contribution in [-0.4, -0.2) is 6.54 Å². The summed E-state index contributed by atoms with van der Waals surface area (Å²) in [7, 11) is 0. The Morgan fingerprint density at radius 3 is 2.54 bits per heavy atom. The Labute approximate surface area is 152 Å². The first-order chi connectivity index (χ1) is 12.4. The minimum absolute atomic E-state index is 0.191. The average Bonchev–Trinajstić information content (AvgIpc) is 2.87. The molecule has 0 fully saturated rings. The van der Waals surface area contributed by atoms with Crippen molar-refractivity contribution in [1.29, 1.82) is 0 Å². The molecule has 0 saturated heterocycles. The van der Waals surface area contributed by atoms with Crippen LogP contribution in [0.4, 0.5) is 13.2 Å². The van der Waals surface area contributed by atoms with Crippen molar-refractivity contribution in [2.24, 2.45) is 0 Å². The van der Waals surface area contributed by atoms with Crippen molar-refractivity contribution in [3.05, 3.63) is 83.4 Å². The van der Waals surface area contributed by atoms with Gasteiger partial charge in [0.1, 0.15) is 0 Å².